The minimum absolute atomic E-state index is 0.694. The number of hydrogen-bond donors (Lipinski definition) is 1. The van der Waals surface area contributed by atoms with Gasteiger partial charge in [0.2, 0.25) is 0 Å². The highest BCUT2D eigenvalue weighted by molar-refractivity contribution is 4.42. The molecule has 1 aliphatic heterocycles. The Bertz CT molecular complexity index is 89.1. The van der Waals surface area contributed by atoms with Crippen molar-refractivity contribution in [3.8, 4) is 0 Å². The maximum absolute atomic E-state index is 5.92. The van der Waals surface area contributed by atoms with Crippen LogP contribution in [-0.4, -0.2) is 37.4 Å². The quantitative estimate of drug-likeness (QED) is 0.392. The summed E-state index contributed by atoms with van der Waals surface area (Å²) >= 11 is 0. The summed E-state index contributed by atoms with van der Waals surface area (Å²) in [5.74, 6) is 5.92. The van der Waals surface area contributed by atoms with E-state index < -0.39 is 0 Å². The van der Waals surface area contributed by atoms with E-state index in [9.17, 15) is 0 Å². The lowest BCUT2D eigenvalue weighted by atomic mass is 10.4. The summed E-state index contributed by atoms with van der Waals surface area (Å²) in [6, 6.07) is 0. The Morgan fingerprint density at radius 2 is 2.00 bits per heavy atom. The summed E-state index contributed by atoms with van der Waals surface area (Å²) in [5.41, 5.74) is 0. The van der Waals surface area contributed by atoms with Crippen LogP contribution >= 0.6 is 0 Å². The second-order valence-electron chi connectivity index (χ2n) is 2.59. The standard InChI is InChI=1S/C6H15N2O/c1-2-8(7)3-5-9-6-4-8/h2-7H2,1H3/q+1. The molecule has 1 heterocycles. The van der Waals surface area contributed by atoms with Gasteiger partial charge in [-0.3, -0.25) is 0 Å². The Labute approximate surface area is 56.0 Å². The van der Waals surface area contributed by atoms with Crippen molar-refractivity contribution in [1.82, 2.24) is 0 Å². The van der Waals surface area contributed by atoms with Crippen LogP contribution in [0.5, 0.6) is 0 Å². The number of ether oxygens (including phenoxy) is 1. The van der Waals surface area contributed by atoms with Gasteiger partial charge in [-0.2, -0.15) is 5.84 Å². The molecule has 0 amide bonds. The first-order valence-corrected chi connectivity index (χ1v) is 3.49. The average molecular weight is 131 g/mol. The van der Waals surface area contributed by atoms with E-state index in [4.69, 9.17) is 10.6 Å². The van der Waals surface area contributed by atoms with Crippen molar-refractivity contribution in [1.29, 1.82) is 0 Å². The van der Waals surface area contributed by atoms with Gasteiger partial charge in [-0.25, -0.2) is 4.59 Å². The van der Waals surface area contributed by atoms with E-state index in [1.54, 1.807) is 0 Å². The third-order valence-electron chi connectivity index (χ3n) is 1.99. The van der Waals surface area contributed by atoms with E-state index >= 15 is 0 Å². The molecule has 0 unspecified atom stereocenters. The topological polar surface area (TPSA) is 35.2 Å². The van der Waals surface area contributed by atoms with E-state index in [1.165, 1.54) is 0 Å². The van der Waals surface area contributed by atoms with Crippen molar-refractivity contribution < 1.29 is 9.33 Å². The lowest BCUT2D eigenvalue weighted by Crippen LogP contribution is -2.60. The van der Waals surface area contributed by atoms with Gasteiger partial charge in [0.25, 0.3) is 0 Å². The zero-order chi connectivity index (χ0) is 6.74. The molecule has 0 aliphatic carbocycles. The smallest absolute Gasteiger partial charge is 0.120 e. The van der Waals surface area contributed by atoms with Crippen molar-refractivity contribution in [3.05, 3.63) is 0 Å². The monoisotopic (exact) mass is 131 g/mol. The van der Waals surface area contributed by atoms with Crippen LogP contribution in [0.15, 0.2) is 0 Å². The fraction of sp³-hybridized carbons (Fsp3) is 1.00. The molecule has 0 aromatic carbocycles. The summed E-state index contributed by atoms with van der Waals surface area (Å²) in [4.78, 5) is 0. The fourth-order valence-electron chi connectivity index (χ4n) is 1.02. The highest BCUT2D eigenvalue weighted by Gasteiger charge is 2.23. The minimum atomic E-state index is 0.694. The molecule has 1 saturated heterocycles. The van der Waals surface area contributed by atoms with Crippen molar-refractivity contribution >= 4 is 0 Å². The van der Waals surface area contributed by atoms with Crippen molar-refractivity contribution in [2.45, 2.75) is 6.92 Å². The van der Waals surface area contributed by atoms with Gasteiger partial charge in [0.15, 0.2) is 0 Å². The molecule has 9 heavy (non-hydrogen) atoms. The zero-order valence-corrected chi connectivity index (χ0v) is 5.97. The molecule has 0 bridgehead atoms. The minimum Gasteiger partial charge on any atom is -0.370 e. The van der Waals surface area contributed by atoms with Gasteiger partial charge >= 0.3 is 0 Å². The molecular weight excluding hydrogens is 116 g/mol. The molecule has 3 nitrogen and oxygen atoms in total. The van der Waals surface area contributed by atoms with Crippen LogP contribution in [0.2, 0.25) is 0 Å². The highest BCUT2D eigenvalue weighted by atomic mass is 16.5. The first-order valence-electron chi connectivity index (χ1n) is 3.49. The molecule has 3 heteroatoms. The maximum atomic E-state index is 5.92. The summed E-state index contributed by atoms with van der Waals surface area (Å²) < 4.78 is 5.87. The van der Waals surface area contributed by atoms with Gasteiger partial charge in [0.1, 0.15) is 13.1 Å². The number of morpholine rings is 1. The summed E-state index contributed by atoms with van der Waals surface area (Å²) in [7, 11) is 0. The number of quaternary nitrogens is 1. The maximum Gasteiger partial charge on any atom is 0.120 e. The molecule has 2 N–H and O–H groups in total. The predicted octanol–water partition coefficient (Wildman–Crippen LogP) is -0.273. The molecule has 1 rings (SSSR count). The van der Waals surface area contributed by atoms with Crippen molar-refractivity contribution in [2.75, 3.05) is 32.8 Å². The van der Waals surface area contributed by atoms with Gasteiger partial charge < -0.3 is 4.74 Å². The van der Waals surface area contributed by atoms with Gasteiger partial charge in [0.05, 0.1) is 19.8 Å². The Kier molecular flexibility index (Phi) is 2.05. The Hall–Kier alpha value is -0.120. The van der Waals surface area contributed by atoms with E-state index in [1.807, 2.05) is 0 Å². The second kappa shape index (κ2) is 2.64. The van der Waals surface area contributed by atoms with Crippen molar-refractivity contribution in [2.24, 2.45) is 5.84 Å². The van der Waals surface area contributed by atoms with Crippen LogP contribution in [0.3, 0.4) is 0 Å². The highest BCUT2D eigenvalue weighted by Crippen LogP contribution is 2.01. The molecule has 0 aromatic rings. The van der Waals surface area contributed by atoms with Crippen LogP contribution in [0.1, 0.15) is 6.92 Å². The van der Waals surface area contributed by atoms with Gasteiger partial charge in [-0.1, -0.05) is 0 Å². The van der Waals surface area contributed by atoms with E-state index in [0.29, 0.717) is 4.59 Å². The summed E-state index contributed by atoms with van der Waals surface area (Å²) in [6.07, 6.45) is 0. The van der Waals surface area contributed by atoms with E-state index in [2.05, 4.69) is 6.92 Å². The molecule has 0 saturated carbocycles. The van der Waals surface area contributed by atoms with Crippen LogP contribution in [0, 0.1) is 0 Å². The van der Waals surface area contributed by atoms with E-state index in [0.717, 1.165) is 32.8 Å². The molecule has 1 fully saturated rings. The number of nitrogens with zero attached hydrogens (tertiary/aromatic N) is 1. The number of hydrogen-bond acceptors (Lipinski definition) is 2. The summed E-state index contributed by atoms with van der Waals surface area (Å²) in [5, 5.41) is 0. The summed E-state index contributed by atoms with van der Waals surface area (Å²) in [6.45, 7) is 6.72. The number of rotatable bonds is 1. The Morgan fingerprint density at radius 1 is 1.44 bits per heavy atom. The Balaban J connectivity index is 2.37. The third-order valence-corrected chi connectivity index (χ3v) is 1.99. The first kappa shape index (κ1) is 6.99. The normalized spacial score (nSPS) is 26.0. The average Bonchev–Trinajstić information content (AvgIpc) is 1.90. The van der Waals surface area contributed by atoms with Crippen LogP contribution < -0.4 is 5.84 Å². The van der Waals surface area contributed by atoms with Crippen LogP contribution in [0.4, 0.5) is 0 Å². The molecule has 1 aliphatic rings. The fourth-order valence-corrected chi connectivity index (χ4v) is 1.02. The third kappa shape index (κ3) is 1.64. The van der Waals surface area contributed by atoms with Crippen LogP contribution in [-0.2, 0) is 4.74 Å². The molecular formula is C6H15N2O+. The molecule has 0 aromatic heterocycles. The largest absolute Gasteiger partial charge is 0.370 e. The zero-order valence-electron chi connectivity index (χ0n) is 5.97. The first-order chi connectivity index (χ1) is 4.27. The second-order valence-corrected chi connectivity index (χ2v) is 2.59. The predicted molar refractivity (Wildman–Crippen MR) is 35.5 cm³/mol. The lowest BCUT2D eigenvalue weighted by molar-refractivity contribution is -0.945. The van der Waals surface area contributed by atoms with Crippen molar-refractivity contribution in [3.63, 3.8) is 0 Å². The Morgan fingerprint density at radius 3 is 2.33 bits per heavy atom. The molecule has 0 radical (unpaired) electrons. The van der Waals surface area contributed by atoms with Crippen LogP contribution in [0.25, 0.3) is 0 Å². The van der Waals surface area contributed by atoms with E-state index in [-0.39, 0.29) is 0 Å². The van der Waals surface area contributed by atoms with Gasteiger partial charge in [0, 0.05) is 0 Å². The van der Waals surface area contributed by atoms with Gasteiger partial charge in [-0.05, 0) is 6.92 Å². The lowest BCUT2D eigenvalue weighted by Gasteiger charge is -2.34. The molecule has 0 atom stereocenters. The van der Waals surface area contributed by atoms with Gasteiger partial charge in [-0.15, -0.1) is 0 Å². The number of nitrogens with two attached hydrogens (primary N) is 1. The SMILES string of the molecule is CC[N+]1(N)CCOCC1. The molecule has 54 valence electrons. The molecule has 0 spiro atoms. The number of likely N-dealkylation sites (N-methyl/N-ethyl adjacent to an activating group) is 1.